The highest BCUT2D eigenvalue weighted by atomic mass is 16.5. The van der Waals surface area contributed by atoms with Gasteiger partial charge in [0.25, 0.3) is 0 Å². The van der Waals surface area contributed by atoms with Crippen molar-refractivity contribution in [2.45, 2.75) is 25.9 Å². The molecule has 0 saturated carbocycles. The zero-order valence-corrected chi connectivity index (χ0v) is 10.5. The van der Waals surface area contributed by atoms with E-state index in [1.807, 2.05) is 24.3 Å². The van der Waals surface area contributed by atoms with Crippen molar-refractivity contribution in [3.8, 4) is 5.75 Å². The van der Waals surface area contributed by atoms with Crippen LogP contribution in [0, 0.1) is 0 Å². The van der Waals surface area contributed by atoms with E-state index in [0.717, 1.165) is 37.2 Å². The lowest BCUT2D eigenvalue weighted by Gasteiger charge is -2.29. The van der Waals surface area contributed by atoms with Crippen molar-refractivity contribution in [3.63, 3.8) is 0 Å². The minimum Gasteiger partial charge on any atom is -0.490 e. The summed E-state index contributed by atoms with van der Waals surface area (Å²) in [5.74, 6) is 0.959. The molecule has 92 valence electrons. The van der Waals surface area contributed by atoms with Crippen LogP contribution in [0.15, 0.2) is 24.3 Å². The van der Waals surface area contributed by atoms with Gasteiger partial charge in [-0.05, 0) is 51.1 Å². The van der Waals surface area contributed by atoms with Crippen LogP contribution in [-0.2, 0) is 0 Å². The minimum absolute atomic E-state index is 0.0934. The molecule has 0 atom stereocenters. The Morgan fingerprint density at radius 3 is 2.35 bits per heavy atom. The maximum Gasteiger partial charge on any atom is 0.159 e. The summed E-state index contributed by atoms with van der Waals surface area (Å²) in [6, 6.07) is 7.42. The molecular weight excluding hydrogens is 214 g/mol. The van der Waals surface area contributed by atoms with Crippen molar-refractivity contribution >= 4 is 5.78 Å². The summed E-state index contributed by atoms with van der Waals surface area (Å²) >= 11 is 0. The van der Waals surface area contributed by atoms with Crippen molar-refractivity contribution in [2.75, 3.05) is 20.1 Å². The molecule has 0 aliphatic carbocycles. The molecule has 0 unspecified atom stereocenters. The summed E-state index contributed by atoms with van der Waals surface area (Å²) < 4.78 is 5.90. The first-order valence-corrected chi connectivity index (χ1v) is 6.11. The van der Waals surface area contributed by atoms with Gasteiger partial charge in [-0.1, -0.05) is 0 Å². The maximum atomic E-state index is 11.1. The van der Waals surface area contributed by atoms with Crippen molar-refractivity contribution in [1.82, 2.24) is 4.90 Å². The summed E-state index contributed by atoms with van der Waals surface area (Å²) in [7, 11) is 2.14. The Balaban J connectivity index is 1.92. The van der Waals surface area contributed by atoms with E-state index in [2.05, 4.69) is 11.9 Å². The van der Waals surface area contributed by atoms with Gasteiger partial charge in [0.15, 0.2) is 5.78 Å². The lowest BCUT2D eigenvalue weighted by atomic mass is 10.1. The summed E-state index contributed by atoms with van der Waals surface area (Å²) in [4.78, 5) is 13.5. The van der Waals surface area contributed by atoms with Crippen LogP contribution in [0.4, 0.5) is 0 Å². The van der Waals surface area contributed by atoms with Gasteiger partial charge in [0.2, 0.25) is 0 Å². The fraction of sp³-hybridized carbons (Fsp3) is 0.500. The lowest BCUT2D eigenvalue weighted by molar-refractivity contribution is 0.101. The van der Waals surface area contributed by atoms with Crippen molar-refractivity contribution < 1.29 is 9.53 Å². The van der Waals surface area contributed by atoms with Crippen molar-refractivity contribution in [1.29, 1.82) is 0 Å². The number of rotatable bonds is 3. The average molecular weight is 233 g/mol. The Morgan fingerprint density at radius 1 is 1.24 bits per heavy atom. The van der Waals surface area contributed by atoms with E-state index in [9.17, 15) is 4.79 Å². The first kappa shape index (κ1) is 12.1. The number of ether oxygens (including phenoxy) is 1. The Kier molecular flexibility index (Phi) is 3.79. The first-order valence-electron chi connectivity index (χ1n) is 6.11. The Labute approximate surface area is 102 Å². The highest BCUT2D eigenvalue weighted by molar-refractivity contribution is 5.94. The minimum atomic E-state index is 0.0934. The number of carbonyl (C=O) groups excluding carboxylic acids is 1. The first-order chi connectivity index (χ1) is 8.15. The van der Waals surface area contributed by atoms with E-state index < -0.39 is 0 Å². The molecule has 17 heavy (non-hydrogen) atoms. The molecule has 1 aromatic rings. The summed E-state index contributed by atoms with van der Waals surface area (Å²) in [6.45, 7) is 3.76. The smallest absolute Gasteiger partial charge is 0.159 e. The van der Waals surface area contributed by atoms with Crippen molar-refractivity contribution in [3.05, 3.63) is 29.8 Å². The molecule has 0 spiro atoms. The van der Waals surface area contributed by atoms with Crippen LogP contribution in [0.3, 0.4) is 0 Å². The molecule has 3 heteroatoms. The molecule has 1 heterocycles. The summed E-state index contributed by atoms with van der Waals surface area (Å²) in [5, 5.41) is 0. The normalized spacial score (nSPS) is 18.0. The third kappa shape index (κ3) is 3.30. The van der Waals surface area contributed by atoms with Crippen molar-refractivity contribution in [2.24, 2.45) is 0 Å². The largest absolute Gasteiger partial charge is 0.490 e. The second-order valence-corrected chi connectivity index (χ2v) is 4.70. The quantitative estimate of drug-likeness (QED) is 0.751. The van der Waals surface area contributed by atoms with Crippen LogP contribution >= 0.6 is 0 Å². The molecule has 3 nitrogen and oxygen atoms in total. The van der Waals surface area contributed by atoms with E-state index in [1.165, 1.54) is 0 Å². The second-order valence-electron chi connectivity index (χ2n) is 4.70. The number of hydrogen-bond acceptors (Lipinski definition) is 3. The highest BCUT2D eigenvalue weighted by Gasteiger charge is 2.17. The van der Waals surface area contributed by atoms with Crippen LogP contribution in [0.5, 0.6) is 5.75 Å². The highest BCUT2D eigenvalue weighted by Crippen LogP contribution is 2.19. The van der Waals surface area contributed by atoms with Crippen LogP contribution in [0.1, 0.15) is 30.1 Å². The zero-order valence-electron chi connectivity index (χ0n) is 10.5. The van der Waals surface area contributed by atoms with Gasteiger partial charge < -0.3 is 9.64 Å². The molecule has 1 fully saturated rings. The monoisotopic (exact) mass is 233 g/mol. The number of nitrogens with zero attached hydrogens (tertiary/aromatic N) is 1. The number of ketones is 1. The predicted molar refractivity (Wildman–Crippen MR) is 67.6 cm³/mol. The van der Waals surface area contributed by atoms with Crippen LogP contribution in [0.25, 0.3) is 0 Å². The van der Waals surface area contributed by atoms with Crippen LogP contribution in [0.2, 0.25) is 0 Å². The number of likely N-dealkylation sites (tertiary alicyclic amines) is 1. The molecule has 2 rings (SSSR count). The van der Waals surface area contributed by atoms with Gasteiger partial charge in [0.05, 0.1) is 0 Å². The Morgan fingerprint density at radius 2 is 1.82 bits per heavy atom. The van der Waals surface area contributed by atoms with E-state index in [-0.39, 0.29) is 5.78 Å². The van der Waals surface area contributed by atoms with Gasteiger partial charge in [-0.15, -0.1) is 0 Å². The van der Waals surface area contributed by atoms with E-state index >= 15 is 0 Å². The topological polar surface area (TPSA) is 29.5 Å². The number of piperidine rings is 1. The molecule has 1 aromatic carbocycles. The molecule has 0 N–H and O–H groups in total. The van der Waals surface area contributed by atoms with Gasteiger partial charge in [0, 0.05) is 18.7 Å². The van der Waals surface area contributed by atoms with E-state index in [0.29, 0.717) is 6.10 Å². The standard InChI is InChI=1S/C14H19NO2/c1-11(16)12-3-5-13(6-4-12)17-14-7-9-15(2)10-8-14/h3-6,14H,7-10H2,1-2H3. The second kappa shape index (κ2) is 5.32. The van der Waals surface area contributed by atoms with Gasteiger partial charge >= 0.3 is 0 Å². The Bertz CT molecular complexity index is 378. The lowest BCUT2D eigenvalue weighted by Crippen LogP contribution is -2.35. The predicted octanol–water partition coefficient (Wildman–Crippen LogP) is 2.36. The van der Waals surface area contributed by atoms with Gasteiger partial charge in [-0.2, -0.15) is 0 Å². The van der Waals surface area contributed by atoms with E-state index in [1.54, 1.807) is 6.92 Å². The molecule has 1 aliphatic rings. The molecule has 1 aliphatic heterocycles. The fourth-order valence-electron chi connectivity index (χ4n) is 2.06. The maximum absolute atomic E-state index is 11.1. The zero-order chi connectivity index (χ0) is 12.3. The molecule has 0 aromatic heterocycles. The summed E-state index contributed by atoms with van der Waals surface area (Å²) in [6.07, 6.45) is 2.46. The fourth-order valence-corrected chi connectivity index (χ4v) is 2.06. The Hall–Kier alpha value is -1.35. The molecule has 0 amide bonds. The molecule has 0 radical (unpaired) electrons. The molecule has 0 bridgehead atoms. The van der Waals surface area contributed by atoms with Gasteiger partial charge in [-0.3, -0.25) is 4.79 Å². The summed E-state index contributed by atoms with van der Waals surface area (Å²) in [5.41, 5.74) is 0.737. The van der Waals surface area contributed by atoms with Crippen LogP contribution < -0.4 is 4.74 Å². The number of benzene rings is 1. The third-order valence-corrected chi connectivity index (χ3v) is 3.23. The number of hydrogen-bond donors (Lipinski definition) is 0. The third-order valence-electron chi connectivity index (χ3n) is 3.23. The van der Waals surface area contributed by atoms with Crippen LogP contribution in [-0.4, -0.2) is 36.9 Å². The molecular formula is C14H19NO2. The number of Topliss-reactive ketones (excluding diaryl/α,β-unsaturated/α-hetero) is 1. The molecule has 1 saturated heterocycles. The SMILES string of the molecule is CC(=O)c1ccc(OC2CCN(C)CC2)cc1. The van der Waals surface area contributed by atoms with E-state index in [4.69, 9.17) is 4.74 Å². The average Bonchev–Trinajstić information content (AvgIpc) is 2.33. The van der Waals surface area contributed by atoms with Gasteiger partial charge in [-0.25, -0.2) is 0 Å². The van der Waals surface area contributed by atoms with Gasteiger partial charge in [0.1, 0.15) is 11.9 Å². The number of carbonyl (C=O) groups is 1.